The molecule has 0 unspecified atom stereocenters. The van der Waals surface area contributed by atoms with Crippen LogP contribution in [0.4, 0.5) is 8.78 Å². The molecule has 0 radical (unpaired) electrons. The van der Waals surface area contributed by atoms with E-state index in [0.29, 0.717) is 17.9 Å². The number of sulfonamides is 1. The summed E-state index contributed by atoms with van der Waals surface area (Å²) in [5, 5.41) is 0. The molecule has 2 aromatic carbocycles. The predicted octanol–water partition coefficient (Wildman–Crippen LogP) is 2.85. The normalized spacial score (nSPS) is 11.6. The molecule has 8 heteroatoms. The van der Waals surface area contributed by atoms with Crippen molar-refractivity contribution in [3.8, 4) is 11.5 Å². The van der Waals surface area contributed by atoms with Crippen LogP contribution in [0.5, 0.6) is 11.5 Å². The summed E-state index contributed by atoms with van der Waals surface area (Å²) in [5.41, 5.74) is 0.800. The summed E-state index contributed by atoms with van der Waals surface area (Å²) in [4.78, 5) is -0.940. The van der Waals surface area contributed by atoms with E-state index < -0.39 is 26.6 Å². The Balaban J connectivity index is 2.18. The molecule has 0 amide bonds. The van der Waals surface area contributed by atoms with Gasteiger partial charge in [0, 0.05) is 13.6 Å². The van der Waals surface area contributed by atoms with Crippen molar-refractivity contribution < 1.29 is 26.7 Å². The standard InChI is InChI=1S/C17H19F2NO4S/c1-20(25(21,22)17-13(18)5-4-6-14(17)19)10-9-12-7-8-15(23-2)16(11-12)24-3/h4-8,11H,9-10H2,1-3H3. The van der Waals surface area contributed by atoms with Crippen molar-refractivity contribution in [1.82, 2.24) is 4.31 Å². The van der Waals surface area contributed by atoms with Gasteiger partial charge in [0.25, 0.3) is 0 Å². The maximum atomic E-state index is 13.8. The monoisotopic (exact) mass is 371 g/mol. The Morgan fingerprint density at radius 2 is 1.60 bits per heavy atom. The summed E-state index contributed by atoms with van der Waals surface area (Å²) in [6, 6.07) is 8.15. The number of nitrogens with zero attached hydrogens (tertiary/aromatic N) is 1. The minimum Gasteiger partial charge on any atom is -0.493 e. The lowest BCUT2D eigenvalue weighted by molar-refractivity contribution is 0.354. The van der Waals surface area contributed by atoms with Crippen LogP contribution in [0.25, 0.3) is 0 Å². The fourth-order valence-corrected chi connectivity index (χ4v) is 3.60. The first-order valence-corrected chi connectivity index (χ1v) is 8.86. The van der Waals surface area contributed by atoms with E-state index in [2.05, 4.69) is 0 Å². The van der Waals surface area contributed by atoms with E-state index >= 15 is 0 Å². The molecular weight excluding hydrogens is 352 g/mol. The predicted molar refractivity (Wildman–Crippen MR) is 89.4 cm³/mol. The first kappa shape index (κ1) is 19.1. The Hall–Kier alpha value is -2.19. The summed E-state index contributed by atoms with van der Waals surface area (Å²) in [6.45, 7) is 0.0472. The fourth-order valence-electron chi connectivity index (χ4n) is 2.33. The fraction of sp³-hybridized carbons (Fsp3) is 0.294. The van der Waals surface area contributed by atoms with Crippen LogP contribution in [-0.4, -0.2) is 40.5 Å². The van der Waals surface area contributed by atoms with Gasteiger partial charge in [-0.1, -0.05) is 12.1 Å². The van der Waals surface area contributed by atoms with Crippen LogP contribution in [0.3, 0.4) is 0 Å². The summed E-state index contributed by atoms with van der Waals surface area (Å²) < 4.78 is 63.6. The van der Waals surface area contributed by atoms with E-state index in [4.69, 9.17) is 9.47 Å². The number of rotatable bonds is 7. The lowest BCUT2D eigenvalue weighted by Crippen LogP contribution is -2.30. The van der Waals surface area contributed by atoms with E-state index in [1.807, 2.05) is 0 Å². The average Bonchev–Trinajstić information content (AvgIpc) is 2.58. The lowest BCUT2D eigenvalue weighted by Gasteiger charge is -2.18. The molecule has 0 aliphatic rings. The van der Waals surface area contributed by atoms with Gasteiger partial charge in [0.15, 0.2) is 16.4 Å². The van der Waals surface area contributed by atoms with Crippen molar-refractivity contribution in [1.29, 1.82) is 0 Å². The summed E-state index contributed by atoms with van der Waals surface area (Å²) in [7, 11) is 0.0220. The van der Waals surface area contributed by atoms with Crippen molar-refractivity contribution in [2.24, 2.45) is 0 Å². The lowest BCUT2D eigenvalue weighted by atomic mass is 10.1. The van der Waals surface area contributed by atoms with Gasteiger partial charge in [-0.15, -0.1) is 0 Å². The summed E-state index contributed by atoms with van der Waals surface area (Å²) in [5.74, 6) is -1.15. The number of likely N-dealkylation sites (N-methyl/N-ethyl adjacent to an activating group) is 1. The Morgan fingerprint density at radius 1 is 1.00 bits per heavy atom. The molecule has 0 aromatic heterocycles. The van der Waals surface area contributed by atoms with Gasteiger partial charge in [-0.3, -0.25) is 0 Å². The molecule has 0 spiro atoms. The summed E-state index contributed by atoms with van der Waals surface area (Å²) in [6.07, 6.45) is 0.339. The largest absolute Gasteiger partial charge is 0.493 e. The van der Waals surface area contributed by atoms with Crippen molar-refractivity contribution in [2.75, 3.05) is 27.8 Å². The van der Waals surface area contributed by atoms with Crippen molar-refractivity contribution in [3.05, 3.63) is 53.6 Å². The van der Waals surface area contributed by atoms with Gasteiger partial charge in [0.05, 0.1) is 14.2 Å². The third-order valence-electron chi connectivity index (χ3n) is 3.75. The van der Waals surface area contributed by atoms with Crippen molar-refractivity contribution in [2.45, 2.75) is 11.3 Å². The average molecular weight is 371 g/mol. The van der Waals surface area contributed by atoms with Crippen LogP contribution in [0, 0.1) is 11.6 Å². The summed E-state index contributed by atoms with van der Waals surface area (Å²) >= 11 is 0. The topological polar surface area (TPSA) is 55.8 Å². The van der Waals surface area contributed by atoms with Gasteiger partial charge < -0.3 is 9.47 Å². The van der Waals surface area contributed by atoms with E-state index in [9.17, 15) is 17.2 Å². The highest BCUT2D eigenvalue weighted by Crippen LogP contribution is 2.28. The van der Waals surface area contributed by atoms with Crippen LogP contribution in [-0.2, 0) is 16.4 Å². The molecule has 2 aromatic rings. The van der Waals surface area contributed by atoms with E-state index in [1.54, 1.807) is 18.2 Å². The molecule has 0 saturated heterocycles. The molecule has 0 heterocycles. The second kappa shape index (κ2) is 7.79. The molecule has 0 N–H and O–H groups in total. The Morgan fingerprint density at radius 3 is 2.16 bits per heavy atom. The van der Waals surface area contributed by atoms with Gasteiger partial charge in [0.1, 0.15) is 11.6 Å². The van der Waals surface area contributed by atoms with Gasteiger partial charge in [-0.2, -0.15) is 0 Å². The molecule has 136 valence electrons. The molecule has 0 bridgehead atoms. The number of benzene rings is 2. The molecule has 0 atom stereocenters. The molecule has 5 nitrogen and oxygen atoms in total. The molecule has 0 saturated carbocycles. The minimum atomic E-state index is -4.27. The second-order valence-corrected chi connectivity index (χ2v) is 7.30. The molecular formula is C17H19F2NO4S. The van der Waals surface area contributed by atoms with Gasteiger partial charge in [-0.25, -0.2) is 21.5 Å². The van der Waals surface area contributed by atoms with E-state index in [0.717, 1.165) is 28.1 Å². The van der Waals surface area contributed by atoms with Gasteiger partial charge >= 0.3 is 0 Å². The zero-order valence-corrected chi connectivity index (χ0v) is 14.9. The molecule has 2 rings (SSSR count). The first-order chi connectivity index (χ1) is 11.8. The van der Waals surface area contributed by atoms with Crippen LogP contribution in [0.15, 0.2) is 41.3 Å². The smallest absolute Gasteiger partial charge is 0.248 e. The number of ether oxygens (including phenoxy) is 2. The van der Waals surface area contributed by atoms with Crippen molar-refractivity contribution >= 4 is 10.0 Å². The Bertz CT molecular complexity index is 835. The molecule has 25 heavy (non-hydrogen) atoms. The third-order valence-corrected chi connectivity index (χ3v) is 5.66. The van der Waals surface area contributed by atoms with Crippen LogP contribution < -0.4 is 9.47 Å². The van der Waals surface area contributed by atoms with Crippen LogP contribution >= 0.6 is 0 Å². The van der Waals surface area contributed by atoms with Crippen LogP contribution in [0.2, 0.25) is 0 Å². The zero-order chi connectivity index (χ0) is 18.6. The number of methoxy groups -OCH3 is 2. The van der Waals surface area contributed by atoms with E-state index in [-0.39, 0.29) is 6.54 Å². The first-order valence-electron chi connectivity index (χ1n) is 7.42. The highest BCUT2D eigenvalue weighted by molar-refractivity contribution is 7.89. The van der Waals surface area contributed by atoms with Gasteiger partial charge in [0.2, 0.25) is 10.0 Å². The Kier molecular flexibility index (Phi) is 5.97. The maximum absolute atomic E-state index is 13.8. The Labute approximate surface area is 145 Å². The number of hydrogen-bond donors (Lipinski definition) is 0. The SMILES string of the molecule is COc1ccc(CCN(C)S(=O)(=O)c2c(F)cccc2F)cc1OC. The molecule has 0 fully saturated rings. The molecule has 0 aliphatic carbocycles. The number of hydrogen-bond acceptors (Lipinski definition) is 4. The maximum Gasteiger partial charge on any atom is 0.248 e. The molecule has 0 aliphatic heterocycles. The van der Waals surface area contributed by atoms with E-state index in [1.165, 1.54) is 21.3 Å². The highest BCUT2D eigenvalue weighted by Gasteiger charge is 2.28. The second-order valence-electron chi connectivity index (χ2n) is 5.32. The van der Waals surface area contributed by atoms with Crippen molar-refractivity contribution in [3.63, 3.8) is 0 Å². The zero-order valence-electron chi connectivity index (χ0n) is 14.1. The van der Waals surface area contributed by atoms with Gasteiger partial charge in [-0.05, 0) is 36.2 Å². The quantitative estimate of drug-likeness (QED) is 0.751. The number of halogens is 2. The minimum absolute atomic E-state index is 0.0472. The van der Waals surface area contributed by atoms with Crippen LogP contribution in [0.1, 0.15) is 5.56 Å². The highest BCUT2D eigenvalue weighted by atomic mass is 32.2. The third kappa shape index (κ3) is 4.08.